The zero-order chi connectivity index (χ0) is 15.9. The van der Waals surface area contributed by atoms with E-state index in [0.29, 0.717) is 18.9 Å². The summed E-state index contributed by atoms with van der Waals surface area (Å²) in [4.78, 5) is 0. The molecule has 1 N–H and O–H groups in total. The maximum Gasteiger partial charge on any atom is 0.150 e. The predicted octanol–water partition coefficient (Wildman–Crippen LogP) is 2.98. The van der Waals surface area contributed by atoms with Crippen LogP contribution in [0.2, 0.25) is 0 Å². The number of hydrogen-bond donors (Lipinski definition) is 1. The third-order valence-electron chi connectivity index (χ3n) is 3.48. The number of hydrogen-bond acceptors (Lipinski definition) is 3. The molecule has 0 heterocycles. The van der Waals surface area contributed by atoms with E-state index in [4.69, 9.17) is 0 Å². The van der Waals surface area contributed by atoms with E-state index in [1.807, 2.05) is 6.07 Å². The van der Waals surface area contributed by atoms with Crippen molar-refractivity contribution in [1.82, 2.24) is 5.32 Å². The fourth-order valence-corrected chi connectivity index (χ4v) is 3.09. The maximum absolute atomic E-state index is 13.4. The van der Waals surface area contributed by atoms with Gasteiger partial charge in [-0.25, -0.2) is 12.8 Å². The van der Waals surface area contributed by atoms with E-state index >= 15 is 0 Å². The Morgan fingerprint density at radius 1 is 1.24 bits per heavy atom. The second kappa shape index (κ2) is 8.49. The number of halogens is 1. The Morgan fingerprint density at radius 2 is 1.95 bits per heavy atom. The van der Waals surface area contributed by atoms with Gasteiger partial charge in [0.1, 0.15) is 15.7 Å². The van der Waals surface area contributed by atoms with Crippen LogP contribution in [0.5, 0.6) is 0 Å². The molecule has 1 atom stereocenters. The molecule has 0 aliphatic rings. The van der Waals surface area contributed by atoms with Crippen LogP contribution in [0.3, 0.4) is 0 Å². The monoisotopic (exact) mass is 315 g/mol. The number of rotatable bonds is 9. The van der Waals surface area contributed by atoms with E-state index in [1.54, 1.807) is 13.0 Å². The average molecular weight is 315 g/mol. The Bertz CT molecular complexity index is 529. The van der Waals surface area contributed by atoms with Crippen molar-refractivity contribution in [2.75, 3.05) is 24.6 Å². The molecular weight excluding hydrogens is 289 g/mol. The standard InChI is InChI=1S/C16H26FNO2S/c1-4-21(19,20)9-8-15(12-18-11-13(2)3)14-6-5-7-16(17)10-14/h5-7,10,13,15,18H,4,8-9,11-12H2,1-3H3. The minimum absolute atomic E-state index is 0.0146. The lowest BCUT2D eigenvalue weighted by molar-refractivity contribution is 0.505. The molecule has 1 aromatic rings. The minimum Gasteiger partial charge on any atom is -0.316 e. The van der Waals surface area contributed by atoms with Gasteiger partial charge in [0, 0.05) is 12.3 Å². The molecule has 0 aromatic heterocycles. The lowest BCUT2D eigenvalue weighted by Gasteiger charge is -2.19. The predicted molar refractivity (Wildman–Crippen MR) is 85.8 cm³/mol. The average Bonchev–Trinajstić information content (AvgIpc) is 2.42. The van der Waals surface area contributed by atoms with Crippen LogP contribution >= 0.6 is 0 Å². The van der Waals surface area contributed by atoms with Crippen LogP contribution in [0.1, 0.15) is 38.7 Å². The van der Waals surface area contributed by atoms with Crippen molar-refractivity contribution in [3.63, 3.8) is 0 Å². The first-order chi connectivity index (χ1) is 9.84. The number of sulfone groups is 1. The third-order valence-corrected chi connectivity index (χ3v) is 5.22. The summed E-state index contributed by atoms with van der Waals surface area (Å²) in [6, 6.07) is 6.45. The zero-order valence-corrected chi connectivity index (χ0v) is 13.9. The molecule has 1 unspecified atom stereocenters. The summed E-state index contributed by atoms with van der Waals surface area (Å²) in [6.07, 6.45) is 0.519. The summed E-state index contributed by atoms with van der Waals surface area (Å²) < 4.78 is 36.8. The van der Waals surface area contributed by atoms with Gasteiger partial charge in [-0.05, 0) is 42.5 Å². The molecule has 0 radical (unpaired) electrons. The van der Waals surface area contributed by atoms with Crippen LogP contribution in [-0.2, 0) is 9.84 Å². The summed E-state index contributed by atoms with van der Waals surface area (Å²) >= 11 is 0. The highest BCUT2D eigenvalue weighted by atomic mass is 32.2. The van der Waals surface area contributed by atoms with Crippen LogP contribution in [0.25, 0.3) is 0 Å². The van der Waals surface area contributed by atoms with Gasteiger partial charge >= 0.3 is 0 Å². The van der Waals surface area contributed by atoms with Gasteiger partial charge in [-0.15, -0.1) is 0 Å². The van der Waals surface area contributed by atoms with E-state index < -0.39 is 9.84 Å². The molecule has 0 saturated carbocycles. The van der Waals surface area contributed by atoms with Gasteiger partial charge in [0.25, 0.3) is 0 Å². The van der Waals surface area contributed by atoms with E-state index in [2.05, 4.69) is 19.2 Å². The SMILES string of the molecule is CCS(=O)(=O)CCC(CNCC(C)C)c1cccc(F)c1. The first-order valence-corrected chi connectivity index (χ1v) is 9.32. The topological polar surface area (TPSA) is 46.2 Å². The van der Waals surface area contributed by atoms with Gasteiger partial charge in [-0.3, -0.25) is 0 Å². The summed E-state index contributed by atoms with van der Waals surface area (Å²) in [5, 5.41) is 3.34. The van der Waals surface area contributed by atoms with E-state index in [1.165, 1.54) is 12.1 Å². The molecule has 0 fully saturated rings. The summed E-state index contributed by atoms with van der Waals surface area (Å²) in [5.41, 5.74) is 0.859. The lowest BCUT2D eigenvalue weighted by Crippen LogP contribution is -2.27. The van der Waals surface area contributed by atoms with E-state index in [-0.39, 0.29) is 23.2 Å². The minimum atomic E-state index is -3.00. The molecule has 0 aliphatic heterocycles. The van der Waals surface area contributed by atoms with Crippen molar-refractivity contribution in [2.45, 2.75) is 33.1 Å². The smallest absolute Gasteiger partial charge is 0.150 e. The van der Waals surface area contributed by atoms with Crippen LogP contribution in [0.4, 0.5) is 4.39 Å². The van der Waals surface area contributed by atoms with Crippen molar-refractivity contribution in [3.05, 3.63) is 35.6 Å². The lowest BCUT2D eigenvalue weighted by atomic mass is 9.96. The van der Waals surface area contributed by atoms with Crippen LogP contribution < -0.4 is 5.32 Å². The van der Waals surface area contributed by atoms with Crippen LogP contribution in [0, 0.1) is 11.7 Å². The van der Waals surface area contributed by atoms with Gasteiger partial charge in [0.2, 0.25) is 0 Å². The Labute approximate surface area is 127 Å². The molecule has 0 amide bonds. The molecule has 21 heavy (non-hydrogen) atoms. The fourth-order valence-electron chi connectivity index (χ4n) is 2.16. The van der Waals surface area contributed by atoms with Gasteiger partial charge in [-0.2, -0.15) is 0 Å². The number of nitrogens with one attached hydrogen (secondary N) is 1. The molecule has 1 rings (SSSR count). The van der Waals surface area contributed by atoms with E-state index in [9.17, 15) is 12.8 Å². The van der Waals surface area contributed by atoms with Crippen molar-refractivity contribution in [3.8, 4) is 0 Å². The Morgan fingerprint density at radius 3 is 2.52 bits per heavy atom. The van der Waals surface area contributed by atoms with Crippen molar-refractivity contribution in [2.24, 2.45) is 5.92 Å². The summed E-state index contributed by atoms with van der Waals surface area (Å²) in [6.45, 7) is 7.42. The van der Waals surface area contributed by atoms with Crippen LogP contribution in [-0.4, -0.2) is 33.0 Å². The highest BCUT2D eigenvalue weighted by Gasteiger charge is 2.16. The van der Waals surface area contributed by atoms with Crippen LogP contribution in [0.15, 0.2) is 24.3 Å². The first kappa shape index (κ1) is 18.1. The Kier molecular flexibility index (Phi) is 7.32. The molecule has 1 aromatic carbocycles. The summed E-state index contributed by atoms with van der Waals surface area (Å²) in [5.74, 6) is 0.564. The molecule has 0 aliphatic carbocycles. The Hall–Kier alpha value is -0.940. The summed E-state index contributed by atoms with van der Waals surface area (Å²) in [7, 11) is -3.00. The molecular formula is C16H26FNO2S. The maximum atomic E-state index is 13.4. The molecule has 0 saturated heterocycles. The highest BCUT2D eigenvalue weighted by Crippen LogP contribution is 2.21. The van der Waals surface area contributed by atoms with Gasteiger partial charge in [-0.1, -0.05) is 32.9 Å². The molecule has 0 bridgehead atoms. The first-order valence-electron chi connectivity index (χ1n) is 7.50. The molecule has 3 nitrogen and oxygen atoms in total. The van der Waals surface area contributed by atoms with Crippen molar-refractivity contribution in [1.29, 1.82) is 0 Å². The molecule has 5 heteroatoms. The largest absolute Gasteiger partial charge is 0.316 e. The normalized spacial score (nSPS) is 13.6. The molecule has 120 valence electrons. The fraction of sp³-hybridized carbons (Fsp3) is 0.625. The third kappa shape index (κ3) is 7.05. The van der Waals surface area contributed by atoms with E-state index in [0.717, 1.165) is 12.1 Å². The van der Waals surface area contributed by atoms with Crippen molar-refractivity contribution >= 4 is 9.84 Å². The molecule has 0 spiro atoms. The zero-order valence-electron chi connectivity index (χ0n) is 13.1. The number of benzene rings is 1. The van der Waals surface area contributed by atoms with Gasteiger partial charge < -0.3 is 5.32 Å². The van der Waals surface area contributed by atoms with Gasteiger partial charge in [0.05, 0.1) is 5.75 Å². The second-order valence-corrected chi connectivity index (χ2v) is 8.30. The second-order valence-electron chi connectivity index (χ2n) is 5.83. The quantitative estimate of drug-likeness (QED) is 0.762. The van der Waals surface area contributed by atoms with Gasteiger partial charge in [0.15, 0.2) is 0 Å². The van der Waals surface area contributed by atoms with Crippen molar-refractivity contribution < 1.29 is 12.8 Å². The Balaban J connectivity index is 2.74. The highest BCUT2D eigenvalue weighted by molar-refractivity contribution is 7.91.